The van der Waals surface area contributed by atoms with Crippen LogP contribution in [0.4, 0.5) is 11.9 Å². The first kappa shape index (κ1) is 19.4. The van der Waals surface area contributed by atoms with Crippen LogP contribution in [0.1, 0.15) is 36.4 Å². The minimum absolute atomic E-state index is 0.0565. The van der Waals surface area contributed by atoms with Gasteiger partial charge in [0.15, 0.2) is 0 Å². The molecule has 1 amide bonds. The van der Waals surface area contributed by atoms with E-state index >= 15 is 0 Å². The van der Waals surface area contributed by atoms with Crippen molar-refractivity contribution in [3.8, 4) is 0 Å². The predicted octanol–water partition coefficient (Wildman–Crippen LogP) is 2.19. The van der Waals surface area contributed by atoms with Crippen molar-refractivity contribution in [3.05, 3.63) is 77.9 Å². The Labute approximate surface area is 173 Å². The standard InChI is InChI=1S/C22H21N5O3/c28-19(12-7-13-20(29)30)24-21-25-22-23-17(15-8-3-1-4-9-15)14-18(27(22)26-21)16-10-5-2-6-11-16/h1-6,8-11,14,18H,7,12-13H2,(H,29,30)(H2,23,24,25,26,28)/p-1/t18-/m1/s1. The molecule has 8 heteroatoms. The summed E-state index contributed by atoms with van der Waals surface area (Å²) in [6.07, 6.45) is 2.16. The molecule has 1 aliphatic heterocycles. The second-order valence-electron chi connectivity index (χ2n) is 6.90. The van der Waals surface area contributed by atoms with Gasteiger partial charge >= 0.3 is 0 Å². The molecule has 1 aliphatic rings. The molecule has 0 unspecified atom stereocenters. The van der Waals surface area contributed by atoms with Crippen molar-refractivity contribution in [2.24, 2.45) is 0 Å². The summed E-state index contributed by atoms with van der Waals surface area (Å²) in [5.41, 5.74) is 2.95. The third-order valence-corrected chi connectivity index (χ3v) is 4.73. The zero-order chi connectivity index (χ0) is 20.9. The van der Waals surface area contributed by atoms with Gasteiger partial charge in [0.2, 0.25) is 11.9 Å². The highest BCUT2D eigenvalue weighted by Gasteiger charge is 2.25. The van der Waals surface area contributed by atoms with E-state index in [9.17, 15) is 14.7 Å². The lowest BCUT2D eigenvalue weighted by Crippen LogP contribution is -2.22. The van der Waals surface area contributed by atoms with E-state index in [0.29, 0.717) is 5.95 Å². The van der Waals surface area contributed by atoms with Crippen LogP contribution in [-0.2, 0) is 9.59 Å². The molecule has 1 atom stereocenters. The van der Waals surface area contributed by atoms with Crippen molar-refractivity contribution in [1.29, 1.82) is 0 Å². The maximum Gasteiger partial charge on any atom is 0.250 e. The molecular formula is C22H20N5O3-. The van der Waals surface area contributed by atoms with Gasteiger partial charge in [0.05, 0.1) is 0 Å². The van der Waals surface area contributed by atoms with Crippen molar-refractivity contribution < 1.29 is 14.7 Å². The molecule has 152 valence electrons. The molecule has 8 nitrogen and oxygen atoms in total. The van der Waals surface area contributed by atoms with Crippen molar-refractivity contribution in [2.45, 2.75) is 25.3 Å². The van der Waals surface area contributed by atoms with Crippen LogP contribution in [0.25, 0.3) is 5.70 Å². The second kappa shape index (κ2) is 8.60. The molecule has 0 spiro atoms. The maximum atomic E-state index is 12.1. The molecule has 4 rings (SSSR count). The topological polar surface area (TPSA) is 112 Å². The number of carbonyl (C=O) groups excluding carboxylic acids is 2. The Morgan fingerprint density at radius 2 is 1.73 bits per heavy atom. The predicted molar refractivity (Wildman–Crippen MR) is 110 cm³/mol. The van der Waals surface area contributed by atoms with Gasteiger partial charge in [0.1, 0.15) is 6.04 Å². The monoisotopic (exact) mass is 402 g/mol. The smallest absolute Gasteiger partial charge is 0.250 e. The number of fused-ring (bicyclic) bond motifs is 1. The van der Waals surface area contributed by atoms with Crippen LogP contribution >= 0.6 is 0 Å². The number of aliphatic carboxylic acids is 1. The quantitative estimate of drug-likeness (QED) is 0.627. The van der Waals surface area contributed by atoms with Gasteiger partial charge in [-0.2, -0.15) is 4.98 Å². The van der Waals surface area contributed by atoms with Crippen LogP contribution in [0.15, 0.2) is 66.7 Å². The summed E-state index contributed by atoms with van der Waals surface area (Å²) >= 11 is 0. The number of amides is 1. The van der Waals surface area contributed by atoms with Crippen LogP contribution in [0.5, 0.6) is 0 Å². The van der Waals surface area contributed by atoms with Gasteiger partial charge in [0.25, 0.3) is 5.95 Å². The highest BCUT2D eigenvalue weighted by molar-refractivity contribution is 5.89. The fraction of sp³-hybridized carbons (Fsp3) is 0.182. The van der Waals surface area contributed by atoms with Gasteiger partial charge in [-0.25, -0.2) is 4.68 Å². The highest BCUT2D eigenvalue weighted by Crippen LogP contribution is 2.33. The van der Waals surface area contributed by atoms with E-state index in [1.165, 1.54) is 0 Å². The highest BCUT2D eigenvalue weighted by atomic mass is 16.4. The summed E-state index contributed by atoms with van der Waals surface area (Å²) in [4.78, 5) is 27.0. The van der Waals surface area contributed by atoms with Gasteiger partial charge < -0.3 is 15.2 Å². The molecule has 0 saturated heterocycles. The average molecular weight is 402 g/mol. The lowest BCUT2D eigenvalue weighted by Gasteiger charge is -2.24. The third-order valence-electron chi connectivity index (χ3n) is 4.73. The number of rotatable bonds is 7. The Balaban J connectivity index is 1.60. The van der Waals surface area contributed by atoms with E-state index in [1.54, 1.807) is 4.68 Å². The SMILES string of the molecule is O=C([O-])CCCC(=O)Nc1nc2n(n1)[C@@H](c1ccccc1)C=C(c1ccccc1)N2. The first-order valence-electron chi connectivity index (χ1n) is 9.65. The molecule has 1 aromatic heterocycles. The number of hydrogen-bond acceptors (Lipinski definition) is 6. The second-order valence-corrected chi connectivity index (χ2v) is 6.90. The maximum absolute atomic E-state index is 12.1. The van der Waals surface area contributed by atoms with Gasteiger partial charge in [0, 0.05) is 18.1 Å². The van der Waals surface area contributed by atoms with Crippen LogP contribution in [0.2, 0.25) is 0 Å². The van der Waals surface area contributed by atoms with Gasteiger partial charge in [-0.3, -0.25) is 10.1 Å². The van der Waals surface area contributed by atoms with E-state index in [1.807, 2.05) is 60.7 Å². The molecular weight excluding hydrogens is 382 g/mol. The van der Waals surface area contributed by atoms with Gasteiger partial charge in [-0.15, -0.1) is 5.10 Å². The van der Waals surface area contributed by atoms with Crippen LogP contribution in [0, 0.1) is 0 Å². The zero-order valence-electron chi connectivity index (χ0n) is 16.1. The van der Waals surface area contributed by atoms with Gasteiger partial charge in [-0.05, 0) is 30.0 Å². The van der Waals surface area contributed by atoms with E-state index in [-0.39, 0.29) is 37.2 Å². The van der Waals surface area contributed by atoms with E-state index < -0.39 is 5.97 Å². The summed E-state index contributed by atoms with van der Waals surface area (Å²) in [5, 5.41) is 20.9. The number of hydrogen-bond donors (Lipinski definition) is 2. The Morgan fingerprint density at radius 3 is 2.43 bits per heavy atom. The summed E-state index contributed by atoms with van der Waals surface area (Å²) in [6.45, 7) is 0. The lowest BCUT2D eigenvalue weighted by atomic mass is 10.0. The summed E-state index contributed by atoms with van der Waals surface area (Å²) in [7, 11) is 0. The number of nitrogens with one attached hydrogen (secondary N) is 2. The normalized spacial score (nSPS) is 14.9. The number of benzene rings is 2. The molecule has 2 aromatic carbocycles. The first-order chi connectivity index (χ1) is 14.6. The third kappa shape index (κ3) is 4.38. The first-order valence-corrected chi connectivity index (χ1v) is 9.65. The van der Waals surface area contributed by atoms with Crippen molar-refractivity contribution >= 4 is 29.5 Å². The molecule has 2 heterocycles. The number of anilines is 2. The van der Waals surface area contributed by atoms with E-state index in [0.717, 1.165) is 16.8 Å². The Kier molecular flexibility index (Phi) is 5.56. The summed E-state index contributed by atoms with van der Waals surface area (Å²) in [6, 6.07) is 19.6. The molecule has 0 aliphatic carbocycles. The van der Waals surface area contributed by atoms with E-state index in [2.05, 4.69) is 26.8 Å². The molecule has 2 N–H and O–H groups in total. The number of nitrogens with zero attached hydrogens (tertiary/aromatic N) is 3. The van der Waals surface area contributed by atoms with E-state index in [4.69, 9.17) is 0 Å². The molecule has 0 saturated carbocycles. The van der Waals surface area contributed by atoms with Crippen LogP contribution in [0.3, 0.4) is 0 Å². The summed E-state index contributed by atoms with van der Waals surface area (Å²) in [5.74, 6) is -0.839. The van der Waals surface area contributed by atoms with Crippen molar-refractivity contribution in [3.63, 3.8) is 0 Å². The summed E-state index contributed by atoms with van der Waals surface area (Å²) < 4.78 is 1.72. The Morgan fingerprint density at radius 1 is 1.03 bits per heavy atom. The number of carbonyl (C=O) groups is 2. The Hall–Kier alpha value is -3.94. The average Bonchev–Trinajstić information content (AvgIpc) is 3.16. The molecule has 0 fully saturated rings. The van der Waals surface area contributed by atoms with Crippen molar-refractivity contribution in [2.75, 3.05) is 10.6 Å². The number of carboxylic acid groups (broad SMARTS) is 1. The lowest BCUT2D eigenvalue weighted by molar-refractivity contribution is -0.305. The van der Waals surface area contributed by atoms with Gasteiger partial charge in [-0.1, -0.05) is 60.7 Å². The minimum Gasteiger partial charge on any atom is -0.550 e. The molecule has 3 aromatic rings. The zero-order valence-corrected chi connectivity index (χ0v) is 16.1. The fourth-order valence-electron chi connectivity index (χ4n) is 3.30. The number of carboxylic acids is 1. The largest absolute Gasteiger partial charge is 0.550 e. The fourth-order valence-corrected chi connectivity index (χ4v) is 3.30. The number of allylic oxidation sites excluding steroid dienone is 1. The van der Waals surface area contributed by atoms with Crippen LogP contribution < -0.4 is 15.7 Å². The minimum atomic E-state index is -1.17. The van der Waals surface area contributed by atoms with Crippen molar-refractivity contribution in [1.82, 2.24) is 14.8 Å². The number of aromatic nitrogens is 3. The molecule has 0 radical (unpaired) electrons. The van der Waals surface area contributed by atoms with Crippen LogP contribution in [-0.4, -0.2) is 26.6 Å². The molecule has 30 heavy (non-hydrogen) atoms. The molecule has 0 bridgehead atoms. The Bertz CT molecular complexity index is 1080.